The summed E-state index contributed by atoms with van der Waals surface area (Å²) in [5.74, 6) is 0. The predicted octanol–water partition coefficient (Wildman–Crippen LogP) is 10.4. The van der Waals surface area contributed by atoms with E-state index in [1.807, 2.05) is 24.5 Å². The van der Waals surface area contributed by atoms with Crippen LogP contribution in [0.5, 0.6) is 0 Å². The van der Waals surface area contributed by atoms with Gasteiger partial charge in [-0.1, -0.05) is 91.0 Å². The molecule has 4 heterocycles. The van der Waals surface area contributed by atoms with E-state index in [4.69, 9.17) is 15.0 Å². The zero-order valence-corrected chi connectivity index (χ0v) is 29.4. The molecular formula is C46H26N4Pt. The fourth-order valence-electron chi connectivity index (χ4n) is 8.43. The summed E-state index contributed by atoms with van der Waals surface area (Å²) in [6.07, 6.45) is 3.76. The Bertz CT molecular complexity index is 2970. The summed E-state index contributed by atoms with van der Waals surface area (Å²) in [7, 11) is 0. The minimum atomic E-state index is -0.699. The Labute approximate surface area is 308 Å². The molecule has 4 aromatic heterocycles. The molecule has 0 saturated heterocycles. The minimum absolute atomic E-state index is 0. The molecule has 5 heteroatoms. The van der Waals surface area contributed by atoms with Crippen molar-refractivity contribution in [1.82, 2.24) is 19.4 Å². The van der Waals surface area contributed by atoms with Gasteiger partial charge in [-0.2, -0.15) is 0 Å². The van der Waals surface area contributed by atoms with Crippen LogP contribution in [0.3, 0.4) is 0 Å². The molecule has 6 aromatic carbocycles. The summed E-state index contributed by atoms with van der Waals surface area (Å²) < 4.78 is 2.26. The third-order valence-corrected chi connectivity index (χ3v) is 10.5. The second-order valence-corrected chi connectivity index (χ2v) is 13.0. The van der Waals surface area contributed by atoms with E-state index in [1.54, 1.807) is 0 Å². The summed E-state index contributed by atoms with van der Waals surface area (Å²) in [6.45, 7) is 0. The molecular weight excluding hydrogens is 804 g/mol. The molecule has 4 nitrogen and oxygen atoms in total. The van der Waals surface area contributed by atoms with E-state index in [1.165, 1.54) is 22.3 Å². The van der Waals surface area contributed by atoms with Crippen LogP contribution in [0.1, 0.15) is 22.3 Å². The first-order valence-corrected chi connectivity index (χ1v) is 16.9. The fourth-order valence-corrected chi connectivity index (χ4v) is 8.43. The van der Waals surface area contributed by atoms with Crippen molar-refractivity contribution in [2.75, 3.05) is 0 Å². The number of fused-ring (bicyclic) bond motifs is 12. The topological polar surface area (TPSA) is 43.1 Å². The molecule has 0 unspecified atom stereocenters. The van der Waals surface area contributed by atoms with Crippen LogP contribution in [-0.4, -0.2) is 19.4 Å². The van der Waals surface area contributed by atoms with Crippen molar-refractivity contribution in [2.24, 2.45) is 0 Å². The standard InChI is InChI=1S/C46H26N4.Pt/c1-2-14-33-29(11-1)24-26-48-43(33)30-12-9-13-31(27-30)46(38-18-5-3-15-34(38)35-16-4-6-19-39(35)46)32-22-23-41-37(28-32)44-36(17-10-25-47-44)45-49-40-20-7-8-21-42(40)50(41)45;/h1-26H;/q-2;+2. The van der Waals surface area contributed by atoms with Crippen molar-refractivity contribution >= 4 is 49.3 Å². The van der Waals surface area contributed by atoms with Crippen LogP contribution >= 0.6 is 0 Å². The first kappa shape index (κ1) is 29.9. The van der Waals surface area contributed by atoms with Crippen LogP contribution in [-0.2, 0) is 26.5 Å². The molecule has 1 aliphatic rings. The van der Waals surface area contributed by atoms with Gasteiger partial charge in [-0.25, -0.2) is 4.98 Å². The average molecular weight is 830 g/mol. The number of imidazole rings is 1. The average Bonchev–Trinajstić information content (AvgIpc) is 3.73. The summed E-state index contributed by atoms with van der Waals surface area (Å²) in [6, 6.07) is 59.4. The quantitative estimate of drug-likeness (QED) is 0.132. The Morgan fingerprint density at radius 1 is 0.529 bits per heavy atom. The van der Waals surface area contributed by atoms with Gasteiger partial charge >= 0.3 is 21.1 Å². The monoisotopic (exact) mass is 829 g/mol. The second-order valence-electron chi connectivity index (χ2n) is 13.0. The zero-order valence-electron chi connectivity index (χ0n) is 27.1. The van der Waals surface area contributed by atoms with Gasteiger partial charge in [0.1, 0.15) is 5.65 Å². The van der Waals surface area contributed by atoms with Gasteiger partial charge in [-0.05, 0) is 68.5 Å². The van der Waals surface area contributed by atoms with E-state index in [0.717, 1.165) is 71.6 Å². The van der Waals surface area contributed by atoms with Crippen LogP contribution in [0.2, 0.25) is 0 Å². The van der Waals surface area contributed by atoms with Gasteiger partial charge in [0.2, 0.25) is 0 Å². The van der Waals surface area contributed by atoms with Crippen molar-refractivity contribution in [1.29, 1.82) is 0 Å². The summed E-state index contributed by atoms with van der Waals surface area (Å²) >= 11 is 0. The van der Waals surface area contributed by atoms with Crippen LogP contribution < -0.4 is 0 Å². The number of nitrogens with zero attached hydrogens (tertiary/aromatic N) is 4. The molecule has 0 N–H and O–H groups in total. The minimum Gasteiger partial charge on any atom is -0.335 e. The van der Waals surface area contributed by atoms with Crippen LogP contribution in [0.15, 0.2) is 158 Å². The molecule has 1 aliphatic carbocycles. The molecule has 0 aliphatic heterocycles. The molecule has 0 amide bonds. The fraction of sp³-hybridized carbons (Fsp3) is 0.0217. The third kappa shape index (κ3) is 4.08. The Kier molecular flexibility index (Phi) is 6.62. The Morgan fingerprint density at radius 2 is 1.25 bits per heavy atom. The van der Waals surface area contributed by atoms with Crippen LogP contribution in [0.25, 0.3) is 71.6 Å². The zero-order chi connectivity index (χ0) is 32.8. The van der Waals surface area contributed by atoms with Crippen LogP contribution in [0.4, 0.5) is 0 Å². The van der Waals surface area contributed by atoms with Gasteiger partial charge in [0, 0.05) is 28.7 Å². The molecule has 11 rings (SSSR count). The maximum Gasteiger partial charge on any atom is 2.00 e. The Hall–Kier alpha value is -5.96. The van der Waals surface area contributed by atoms with Gasteiger partial charge < -0.3 is 14.4 Å². The molecule has 0 radical (unpaired) electrons. The van der Waals surface area contributed by atoms with E-state index >= 15 is 0 Å². The number of benzene rings is 6. The normalized spacial score (nSPS) is 13.1. The van der Waals surface area contributed by atoms with Crippen molar-refractivity contribution < 1.29 is 21.1 Å². The number of hydrogen-bond acceptors (Lipinski definition) is 3. The van der Waals surface area contributed by atoms with Crippen molar-refractivity contribution in [2.45, 2.75) is 5.41 Å². The third-order valence-electron chi connectivity index (χ3n) is 10.5. The molecule has 0 saturated carbocycles. The number of pyridine rings is 3. The van der Waals surface area contributed by atoms with Gasteiger partial charge in [0.25, 0.3) is 0 Å². The summed E-state index contributed by atoms with van der Waals surface area (Å²) in [4.78, 5) is 14.9. The van der Waals surface area contributed by atoms with E-state index < -0.39 is 5.41 Å². The summed E-state index contributed by atoms with van der Waals surface area (Å²) in [5, 5.41) is 4.22. The number of aromatic nitrogens is 4. The molecule has 0 fully saturated rings. The van der Waals surface area contributed by atoms with Gasteiger partial charge in [-0.3, -0.25) is 0 Å². The van der Waals surface area contributed by atoms with E-state index in [0.29, 0.717) is 0 Å². The molecule has 240 valence electrons. The first-order chi connectivity index (χ1) is 24.8. The maximum atomic E-state index is 5.07. The SMILES string of the molecule is [Pt+2].[c-]1c(-c2nccc3ccccc23)cccc1C1(c2[c-]c3c4ncccc4c4nc5ccccc5n4c3cc2)c2ccccc2-c2ccccc21. The smallest absolute Gasteiger partial charge is 0.335 e. The second kappa shape index (κ2) is 11.3. The van der Waals surface area contributed by atoms with E-state index in [-0.39, 0.29) is 21.1 Å². The first-order valence-electron chi connectivity index (χ1n) is 16.9. The molecule has 0 atom stereocenters. The van der Waals surface area contributed by atoms with Gasteiger partial charge in [0.15, 0.2) is 0 Å². The largest absolute Gasteiger partial charge is 2.00 e. The molecule has 0 bridgehead atoms. The number of hydrogen-bond donors (Lipinski definition) is 0. The van der Waals surface area contributed by atoms with Gasteiger partial charge in [0.05, 0.1) is 11.0 Å². The van der Waals surface area contributed by atoms with Crippen LogP contribution in [0, 0.1) is 12.1 Å². The predicted molar refractivity (Wildman–Crippen MR) is 201 cm³/mol. The Balaban J connectivity index is 0.00000327. The van der Waals surface area contributed by atoms with Gasteiger partial charge in [-0.15, -0.1) is 64.5 Å². The summed E-state index contributed by atoms with van der Waals surface area (Å²) in [5.41, 5.74) is 13.0. The number of rotatable bonds is 3. The van der Waals surface area contributed by atoms with E-state index in [9.17, 15) is 0 Å². The molecule has 10 aromatic rings. The molecule has 0 spiro atoms. The van der Waals surface area contributed by atoms with Crippen molar-refractivity contribution in [3.05, 3.63) is 192 Å². The Morgan fingerprint density at radius 3 is 2.12 bits per heavy atom. The maximum absolute atomic E-state index is 5.07. The van der Waals surface area contributed by atoms with E-state index in [2.05, 4.69) is 150 Å². The van der Waals surface area contributed by atoms with Crippen molar-refractivity contribution in [3.63, 3.8) is 0 Å². The number of para-hydroxylation sites is 2. The molecule has 51 heavy (non-hydrogen) atoms. The van der Waals surface area contributed by atoms with Crippen molar-refractivity contribution in [3.8, 4) is 22.4 Å².